The molecule has 0 bridgehead atoms. The van der Waals surface area contributed by atoms with E-state index in [4.69, 9.17) is 29.7 Å². The van der Waals surface area contributed by atoms with Crippen molar-refractivity contribution in [3.63, 3.8) is 0 Å². The number of aromatic nitrogens is 3. The summed E-state index contributed by atoms with van der Waals surface area (Å²) in [5.74, 6) is 0.154. The third kappa shape index (κ3) is 9.18. The van der Waals surface area contributed by atoms with Gasteiger partial charge in [0.25, 0.3) is 0 Å². The van der Waals surface area contributed by atoms with Crippen LogP contribution in [0.3, 0.4) is 0 Å². The molecule has 330 valence electrons. The predicted molar refractivity (Wildman–Crippen MR) is 266 cm³/mol. The van der Waals surface area contributed by atoms with Crippen LogP contribution in [0.2, 0.25) is 0 Å². The zero-order chi connectivity index (χ0) is 61.3. The monoisotopic (exact) mass is 1040 g/mol. The molecule has 0 unspecified atom stereocenters. The molecule has 8 aromatic rings. The quantitative estimate of drug-likeness (QED) is 0.169. The third-order valence-electron chi connectivity index (χ3n) is 11.2. The van der Waals surface area contributed by atoms with Crippen LogP contribution >= 0.6 is 0 Å². The summed E-state index contributed by atoms with van der Waals surface area (Å²) in [4.78, 5) is 9.70. The molecule has 0 saturated carbocycles. The molecular formula is C59H62N3OPt-. The number of phenols is 1. The molecule has 1 N–H and O–H groups in total. The topological polar surface area (TPSA) is 50.9 Å². The van der Waals surface area contributed by atoms with Crippen molar-refractivity contribution in [2.75, 3.05) is 0 Å². The van der Waals surface area contributed by atoms with E-state index in [9.17, 15) is 6.48 Å². The zero-order valence-electron chi connectivity index (χ0n) is 56.3. The summed E-state index contributed by atoms with van der Waals surface area (Å²) < 4.78 is 167. The standard InChI is InChI=1S/C59H62N3O.Pt/c1-37-30-40(38-18-15-14-16-19-38)24-27-51(37)62-52-21-17-20-47(53(52)61-55(62)48-35-46(58(8,9)10)36-49(54(48)63)59(11,12)13)42-31-43(33-45(32-42)57(5,6)7)50-34-41(28-29-60-50)39-22-25-44(26-23-39)56(2,3)4;/h14-30,32-36,63H,1-13H3;/q-1;/i1D3,2D3,3D3,4D3,22D,23D,25D,26D,28D,29D,34D;. The maximum absolute atomic E-state index is 12.5. The van der Waals surface area contributed by atoms with E-state index in [1.54, 1.807) is 41.0 Å². The van der Waals surface area contributed by atoms with Gasteiger partial charge in [-0.25, -0.2) is 4.98 Å². The number of hydrogen-bond acceptors (Lipinski definition) is 3. The molecule has 0 radical (unpaired) electrons. The second-order valence-electron chi connectivity index (χ2n) is 19.1. The number of para-hydroxylation sites is 1. The van der Waals surface area contributed by atoms with E-state index in [1.807, 2.05) is 117 Å². The summed E-state index contributed by atoms with van der Waals surface area (Å²) in [7, 11) is 0. The van der Waals surface area contributed by atoms with Crippen molar-refractivity contribution < 1.29 is 52.2 Å². The first kappa shape index (κ1) is 27.7. The SMILES string of the molecule is [2H]c1nc(-c2[c-]c(-c3cccc4c3nc(-c3cc(C(C)(C)C)cc(C(C)(C)C)c3O)n4-c3ccc(-c4ccccc4)cc3C([2H])([2H])[2H])cc(C(C)(C)C)c2)c([2H])c(-c2c([2H])c([2H])c(C(C([2H])([2H])[2H])(C([2H])([2H])[2H])C([2H])([2H])[2H])c([2H])c2[2H])c1[2H].[Pt]. The van der Waals surface area contributed by atoms with Crippen molar-refractivity contribution in [3.05, 3.63) is 167 Å². The maximum Gasteiger partial charge on any atom is 0.148 e. The number of pyridine rings is 1. The van der Waals surface area contributed by atoms with Gasteiger partial charge in [0.05, 0.1) is 31.9 Å². The molecule has 8 rings (SSSR count). The molecule has 6 aromatic carbocycles. The molecule has 0 saturated heterocycles. The molecular weight excluding hydrogens is 962 g/mol. The summed E-state index contributed by atoms with van der Waals surface area (Å²) in [6.45, 7) is 3.33. The van der Waals surface area contributed by atoms with Crippen LogP contribution in [0.4, 0.5) is 0 Å². The van der Waals surface area contributed by atoms with Gasteiger partial charge < -0.3 is 5.11 Å². The van der Waals surface area contributed by atoms with Crippen molar-refractivity contribution in [3.8, 4) is 67.5 Å². The van der Waals surface area contributed by atoms with Gasteiger partial charge in [0.1, 0.15) is 11.6 Å². The van der Waals surface area contributed by atoms with Crippen LogP contribution in [0.5, 0.6) is 5.75 Å². The molecule has 64 heavy (non-hydrogen) atoms. The van der Waals surface area contributed by atoms with Gasteiger partial charge in [0, 0.05) is 54.9 Å². The van der Waals surface area contributed by atoms with Crippen LogP contribution in [-0.4, -0.2) is 19.6 Å². The first-order valence-corrected chi connectivity index (χ1v) is 20.7. The summed E-state index contributed by atoms with van der Waals surface area (Å²) >= 11 is 0. The minimum absolute atomic E-state index is 0. The molecule has 2 aromatic heterocycles. The summed E-state index contributed by atoms with van der Waals surface area (Å²) in [6.07, 6.45) is -0.791. The Morgan fingerprint density at radius 3 is 1.95 bits per heavy atom. The average molecular weight is 1040 g/mol. The molecule has 0 fully saturated rings. The Labute approximate surface area is 422 Å². The van der Waals surface area contributed by atoms with Crippen molar-refractivity contribution in [1.29, 1.82) is 0 Å². The van der Waals surface area contributed by atoms with Gasteiger partial charge in [-0.3, -0.25) is 9.55 Å². The number of phenolic OH excluding ortho intramolecular Hbond substituents is 1. The zero-order valence-corrected chi connectivity index (χ0v) is 39.5. The summed E-state index contributed by atoms with van der Waals surface area (Å²) in [6, 6.07) is 24.0. The van der Waals surface area contributed by atoms with Crippen molar-refractivity contribution in [2.24, 2.45) is 0 Å². The molecule has 4 nitrogen and oxygen atoms in total. The van der Waals surface area contributed by atoms with E-state index in [2.05, 4.69) is 11.1 Å². The number of nitrogens with zero attached hydrogens (tertiary/aromatic N) is 3. The van der Waals surface area contributed by atoms with E-state index in [0.29, 0.717) is 44.4 Å². The molecule has 0 aliphatic rings. The number of imidazole rings is 1. The van der Waals surface area contributed by atoms with Crippen LogP contribution in [0.25, 0.3) is 72.7 Å². The number of rotatable bonds is 6. The van der Waals surface area contributed by atoms with Crippen molar-refractivity contribution >= 4 is 11.0 Å². The maximum atomic E-state index is 12.5. The van der Waals surface area contributed by atoms with E-state index < -0.39 is 108 Å². The fourth-order valence-electron chi connectivity index (χ4n) is 7.56. The van der Waals surface area contributed by atoms with E-state index in [1.165, 1.54) is 0 Å². The molecule has 2 heterocycles. The predicted octanol–water partition coefficient (Wildman–Crippen LogP) is 15.8. The average Bonchev–Trinajstić information content (AvgIpc) is 0.919. The number of benzene rings is 6. The second kappa shape index (κ2) is 17.1. The van der Waals surface area contributed by atoms with Crippen LogP contribution in [0, 0.1) is 12.9 Å². The number of hydrogen-bond donors (Lipinski definition) is 1. The normalized spacial score (nSPS) is 17.5. The first-order chi connectivity index (χ1) is 37.5. The van der Waals surface area contributed by atoms with Crippen LogP contribution in [-0.2, 0) is 42.7 Å². The Balaban J connectivity index is 0.00000990. The summed E-state index contributed by atoms with van der Waals surface area (Å²) in [5.41, 5.74) is -3.03. The Kier molecular flexibility index (Phi) is 7.39. The van der Waals surface area contributed by atoms with Crippen LogP contribution in [0.1, 0.15) is 137 Å². The molecule has 0 spiro atoms. The van der Waals surface area contributed by atoms with Gasteiger partial charge >= 0.3 is 0 Å². The Morgan fingerprint density at radius 2 is 1.30 bits per heavy atom. The van der Waals surface area contributed by atoms with Crippen molar-refractivity contribution in [1.82, 2.24) is 14.5 Å². The van der Waals surface area contributed by atoms with Gasteiger partial charge in [0.15, 0.2) is 0 Å². The molecule has 5 heteroatoms. The fraction of sp³-hybridized carbons (Fsp3) is 0.288. The number of aromatic hydroxyl groups is 1. The van der Waals surface area contributed by atoms with Crippen LogP contribution < -0.4 is 0 Å². The Hall–Kier alpha value is -5.57. The smallest absolute Gasteiger partial charge is 0.148 e. The van der Waals surface area contributed by atoms with Crippen LogP contribution in [0.15, 0.2) is 133 Å². The third-order valence-corrected chi connectivity index (χ3v) is 11.2. The summed E-state index contributed by atoms with van der Waals surface area (Å²) in [5, 5.41) is 12.5. The van der Waals surface area contributed by atoms with E-state index in [0.717, 1.165) is 11.1 Å². The van der Waals surface area contributed by atoms with Gasteiger partial charge in [-0.05, 0) is 97.8 Å². The second-order valence-corrected chi connectivity index (χ2v) is 19.1. The Morgan fingerprint density at radius 1 is 0.609 bits per heavy atom. The Bertz CT molecular complexity index is 3790. The van der Waals surface area contributed by atoms with Gasteiger partial charge in [-0.15, -0.1) is 29.3 Å². The van der Waals surface area contributed by atoms with E-state index in [-0.39, 0.29) is 55.1 Å². The molecule has 0 aliphatic carbocycles. The molecule has 0 amide bonds. The minimum Gasteiger partial charge on any atom is -0.507 e. The molecule has 0 atom stereocenters. The van der Waals surface area contributed by atoms with Crippen molar-refractivity contribution in [2.45, 2.75) is 111 Å². The minimum atomic E-state index is -3.95. The number of fused-ring (bicyclic) bond motifs is 1. The fourth-order valence-corrected chi connectivity index (χ4v) is 7.56. The van der Waals surface area contributed by atoms with E-state index >= 15 is 0 Å². The number of aryl methyl sites for hydroxylation is 1. The van der Waals surface area contributed by atoms with Gasteiger partial charge in [-0.1, -0.05) is 179 Å². The largest absolute Gasteiger partial charge is 0.507 e. The van der Waals surface area contributed by atoms with Gasteiger partial charge in [0.2, 0.25) is 0 Å². The first-order valence-electron chi connectivity index (χ1n) is 30.2. The van der Waals surface area contributed by atoms with Gasteiger partial charge in [-0.2, -0.15) is 0 Å². The molecule has 0 aliphatic heterocycles.